The first kappa shape index (κ1) is 24.1. The fourth-order valence-corrected chi connectivity index (χ4v) is 4.22. The van der Waals surface area contributed by atoms with Crippen molar-refractivity contribution in [1.82, 2.24) is 14.5 Å². The van der Waals surface area contributed by atoms with E-state index in [1.165, 1.54) is 17.1 Å². The highest BCUT2D eigenvalue weighted by molar-refractivity contribution is 5.92. The van der Waals surface area contributed by atoms with Crippen molar-refractivity contribution < 1.29 is 36.2 Å². The molecule has 190 valence electrons. The second kappa shape index (κ2) is 9.47. The van der Waals surface area contributed by atoms with Crippen molar-refractivity contribution in [3.05, 3.63) is 65.7 Å². The van der Waals surface area contributed by atoms with E-state index in [-0.39, 0.29) is 23.7 Å². The SMILES string of the molecule is O=C(Cc1cccc(C(F)(F)F)c1F)Nc1cnc(-n2cnc(N3CC4COCC(C3)O4)c2)c(F)c1. The molecule has 2 saturated heterocycles. The maximum atomic E-state index is 14.8. The van der Waals surface area contributed by atoms with Gasteiger partial charge in [0.1, 0.15) is 18.0 Å². The summed E-state index contributed by atoms with van der Waals surface area (Å²) in [6.45, 7) is 2.16. The number of imidazole rings is 1. The second-order valence-corrected chi connectivity index (χ2v) is 8.49. The highest BCUT2D eigenvalue weighted by atomic mass is 19.4. The van der Waals surface area contributed by atoms with Crippen molar-refractivity contribution in [3.63, 3.8) is 0 Å². The molecule has 1 aromatic carbocycles. The molecule has 2 bridgehead atoms. The van der Waals surface area contributed by atoms with E-state index >= 15 is 0 Å². The number of aromatic nitrogens is 3. The van der Waals surface area contributed by atoms with Crippen LogP contribution >= 0.6 is 0 Å². The van der Waals surface area contributed by atoms with Crippen LogP contribution < -0.4 is 10.2 Å². The van der Waals surface area contributed by atoms with Crippen LogP contribution in [0.4, 0.5) is 33.5 Å². The van der Waals surface area contributed by atoms with Gasteiger partial charge in [-0.05, 0) is 11.6 Å². The minimum atomic E-state index is -4.89. The van der Waals surface area contributed by atoms with Gasteiger partial charge in [-0.1, -0.05) is 12.1 Å². The standard InChI is InChI=1S/C23H20F5N5O3/c24-18-5-14(31-20(34)4-13-2-1-3-17(21(13)25)23(26,27)28)6-29-22(18)33-9-19(30-12-33)32-7-15-10-35-11-16(8-32)36-15/h1-3,5-6,9,12,15-16H,4,7-8,10-11H2,(H,31,34). The van der Waals surface area contributed by atoms with E-state index in [0.29, 0.717) is 38.2 Å². The number of halogens is 5. The highest BCUT2D eigenvalue weighted by Gasteiger charge is 2.35. The van der Waals surface area contributed by atoms with E-state index < -0.39 is 41.3 Å². The van der Waals surface area contributed by atoms with Gasteiger partial charge in [0.2, 0.25) is 5.91 Å². The summed E-state index contributed by atoms with van der Waals surface area (Å²) in [5.41, 5.74) is -1.93. The Hall–Kier alpha value is -3.58. The summed E-state index contributed by atoms with van der Waals surface area (Å²) in [5, 5.41) is 2.33. The Labute approximate surface area is 201 Å². The molecule has 2 atom stereocenters. The summed E-state index contributed by atoms with van der Waals surface area (Å²) in [5.74, 6) is -2.56. The lowest BCUT2D eigenvalue weighted by Crippen LogP contribution is -2.54. The third kappa shape index (κ3) is 5.02. The number of rotatable bonds is 5. The summed E-state index contributed by atoms with van der Waals surface area (Å²) >= 11 is 0. The Morgan fingerprint density at radius 3 is 2.58 bits per heavy atom. The van der Waals surface area contributed by atoms with Crippen LogP contribution in [0, 0.1) is 11.6 Å². The predicted molar refractivity (Wildman–Crippen MR) is 117 cm³/mol. The number of alkyl halides is 3. The number of nitrogens with one attached hydrogen (secondary N) is 1. The maximum absolute atomic E-state index is 14.8. The van der Waals surface area contributed by atoms with Crippen LogP contribution in [0.3, 0.4) is 0 Å². The zero-order valence-corrected chi connectivity index (χ0v) is 18.6. The fourth-order valence-electron chi connectivity index (χ4n) is 4.22. The molecule has 2 unspecified atom stereocenters. The molecule has 13 heteroatoms. The van der Waals surface area contributed by atoms with Crippen molar-refractivity contribution in [2.24, 2.45) is 0 Å². The van der Waals surface area contributed by atoms with Crippen molar-refractivity contribution in [2.45, 2.75) is 24.8 Å². The number of hydrogen-bond acceptors (Lipinski definition) is 6. The average Bonchev–Trinajstić information content (AvgIpc) is 3.29. The Bertz CT molecular complexity index is 1270. The van der Waals surface area contributed by atoms with Crippen LogP contribution in [0.15, 0.2) is 43.0 Å². The molecule has 2 aliphatic heterocycles. The van der Waals surface area contributed by atoms with Crippen LogP contribution in [0.5, 0.6) is 0 Å². The first-order chi connectivity index (χ1) is 17.2. The summed E-state index contributed by atoms with van der Waals surface area (Å²) in [6.07, 6.45) is -1.46. The molecule has 4 heterocycles. The summed E-state index contributed by atoms with van der Waals surface area (Å²) in [4.78, 5) is 22.7. The van der Waals surface area contributed by atoms with Gasteiger partial charge in [-0.25, -0.2) is 18.7 Å². The second-order valence-electron chi connectivity index (χ2n) is 8.49. The van der Waals surface area contributed by atoms with Gasteiger partial charge in [-0.3, -0.25) is 9.36 Å². The molecule has 0 aliphatic carbocycles. The van der Waals surface area contributed by atoms with Crippen LogP contribution in [-0.2, 0) is 26.9 Å². The van der Waals surface area contributed by atoms with E-state index in [4.69, 9.17) is 9.47 Å². The molecule has 0 radical (unpaired) electrons. The lowest BCUT2D eigenvalue weighted by atomic mass is 10.1. The fraction of sp³-hybridized carbons (Fsp3) is 0.348. The van der Waals surface area contributed by atoms with Crippen LogP contribution in [-0.4, -0.2) is 59.0 Å². The van der Waals surface area contributed by atoms with E-state index in [1.807, 2.05) is 4.90 Å². The number of pyridine rings is 1. The number of nitrogens with zero attached hydrogens (tertiary/aromatic N) is 4. The van der Waals surface area contributed by atoms with Crippen molar-refractivity contribution >= 4 is 17.4 Å². The number of fused-ring (bicyclic) bond motifs is 2. The molecule has 36 heavy (non-hydrogen) atoms. The first-order valence-electron chi connectivity index (χ1n) is 11.0. The monoisotopic (exact) mass is 509 g/mol. The normalized spacial score (nSPS) is 19.9. The quantitative estimate of drug-likeness (QED) is 0.532. The molecule has 0 spiro atoms. The van der Waals surface area contributed by atoms with Gasteiger partial charge < -0.3 is 19.7 Å². The number of morpholine rings is 1. The molecule has 0 saturated carbocycles. The number of carbonyl (C=O) groups excluding carboxylic acids is 1. The lowest BCUT2D eigenvalue weighted by Gasteiger charge is -2.41. The third-order valence-corrected chi connectivity index (χ3v) is 5.82. The van der Waals surface area contributed by atoms with Gasteiger partial charge >= 0.3 is 6.18 Å². The number of anilines is 2. The number of amides is 1. The molecule has 1 amide bonds. The summed E-state index contributed by atoms with van der Waals surface area (Å²) in [7, 11) is 0. The molecular weight excluding hydrogens is 489 g/mol. The molecule has 2 aromatic heterocycles. The third-order valence-electron chi connectivity index (χ3n) is 5.82. The number of benzene rings is 1. The zero-order chi connectivity index (χ0) is 25.4. The van der Waals surface area contributed by atoms with Crippen molar-refractivity contribution in [3.8, 4) is 5.82 Å². The Morgan fingerprint density at radius 2 is 1.89 bits per heavy atom. The minimum absolute atomic E-state index is 0.0324. The van der Waals surface area contributed by atoms with E-state index in [1.54, 1.807) is 6.20 Å². The average molecular weight is 509 g/mol. The van der Waals surface area contributed by atoms with Crippen molar-refractivity contribution in [1.29, 1.82) is 0 Å². The van der Waals surface area contributed by atoms with E-state index in [2.05, 4.69) is 15.3 Å². The molecule has 8 nitrogen and oxygen atoms in total. The summed E-state index contributed by atoms with van der Waals surface area (Å²) in [6, 6.07) is 3.70. The van der Waals surface area contributed by atoms with Crippen LogP contribution in [0.2, 0.25) is 0 Å². The molecule has 2 aliphatic rings. The zero-order valence-electron chi connectivity index (χ0n) is 18.6. The van der Waals surface area contributed by atoms with Gasteiger partial charge in [0.05, 0.1) is 55.5 Å². The topological polar surface area (TPSA) is 81.5 Å². The van der Waals surface area contributed by atoms with Crippen LogP contribution in [0.25, 0.3) is 5.82 Å². The predicted octanol–water partition coefficient (Wildman–Crippen LogP) is 3.35. The first-order valence-corrected chi connectivity index (χ1v) is 11.0. The lowest BCUT2D eigenvalue weighted by molar-refractivity contribution is -0.144. The Morgan fingerprint density at radius 1 is 1.14 bits per heavy atom. The highest BCUT2D eigenvalue weighted by Crippen LogP contribution is 2.32. The molecule has 2 fully saturated rings. The Kier molecular flexibility index (Phi) is 6.35. The summed E-state index contributed by atoms with van der Waals surface area (Å²) < 4.78 is 80.3. The molecular formula is C23H20F5N5O3. The van der Waals surface area contributed by atoms with E-state index in [9.17, 15) is 26.7 Å². The molecule has 5 rings (SSSR count). The van der Waals surface area contributed by atoms with Crippen molar-refractivity contribution in [2.75, 3.05) is 36.5 Å². The molecule has 1 N–H and O–H groups in total. The van der Waals surface area contributed by atoms with Gasteiger partial charge in [0.15, 0.2) is 11.6 Å². The number of carbonyl (C=O) groups is 1. The minimum Gasteiger partial charge on any atom is -0.376 e. The molecule has 3 aromatic rings. The Balaban J connectivity index is 1.26. The number of ether oxygens (including phenoxy) is 2. The van der Waals surface area contributed by atoms with Crippen LogP contribution in [0.1, 0.15) is 11.1 Å². The van der Waals surface area contributed by atoms with E-state index in [0.717, 1.165) is 18.2 Å². The maximum Gasteiger partial charge on any atom is 0.419 e. The van der Waals surface area contributed by atoms with Gasteiger partial charge in [0.25, 0.3) is 0 Å². The van der Waals surface area contributed by atoms with Gasteiger partial charge in [0, 0.05) is 19.2 Å². The number of hydrogen-bond donors (Lipinski definition) is 1. The largest absolute Gasteiger partial charge is 0.419 e. The smallest absolute Gasteiger partial charge is 0.376 e. The van der Waals surface area contributed by atoms with Gasteiger partial charge in [-0.15, -0.1) is 0 Å². The van der Waals surface area contributed by atoms with Gasteiger partial charge in [-0.2, -0.15) is 13.2 Å².